The number of ether oxygens (including phenoxy) is 1. The van der Waals surface area contributed by atoms with E-state index < -0.39 is 18.3 Å². The van der Waals surface area contributed by atoms with E-state index in [1.807, 2.05) is 0 Å². The molecule has 1 aromatic heterocycles. The van der Waals surface area contributed by atoms with Gasteiger partial charge in [-0.25, -0.2) is 9.48 Å². The van der Waals surface area contributed by atoms with Gasteiger partial charge in [-0.3, -0.25) is 0 Å². The molecule has 2 aromatic rings. The van der Waals surface area contributed by atoms with Crippen LogP contribution < -0.4 is 5.32 Å². The van der Waals surface area contributed by atoms with E-state index >= 15 is 0 Å². The van der Waals surface area contributed by atoms with Crippen LogP contribution in [-0.4, -0.2) is 26.7 Å². The van der Waals surface area contributed by atoms with E-state index in [4.69, 9.17) is 7.48 Å². The highest BCUT2D eigenvalue weighted by atomic mass is 16.6. The highest BCUT2D eigenvalue weighted by molar-refractivity contribution is 5.74. The summed E-state index contributed by atoms with van der Waals surface area (Å²) in [6.07, 6.45) is -0.859. The van der Waals surface area contributed by atoms with E-state index in [1.165, 1.54) is 0 Å². The van der Waals surface area contributed by atoms with Crippen molar-refractivity contribution in [2.24, 2.45) is 0 Å². The van der Waals surface area contributed by atoms with Gasteiger partial charge in [0.1, 0.15) is 17.7 Å². The quantitative estimate of drug-likeness (QED) is 0.884. The minimum absolute atomic E-state index is 0.480. The predicted molar refractivity (Wildman–Crippen MR) is 66.9 cm³/mol. The number of aromatic nitrogens is 3. The standard InChI is InChI=1S/C12H16N4O2/c1-12(2,3)18-11(17)13-8-16-10-7-5-4-6-9(10)14-15-16/h4-7H,8H2,1-3H3,(H,13,17)/i8D2. The highest BCUT2D eigenvalue weighted by Crippen LogP contribution is 2.09. The number of fused-ring (bicyclic) bond motifs is 1. The van der Waals surface area contributed by atoms with Gasteiger partial charge in [0.15, 0.2) is 0 Å². The van der Waals surface area contributed by atoms with Crippen molar-refractivity contribution in [3.05, 3.63) is 24.3 Å². The zero-order valence-corrected chi connectivity index (χ0v) is 10.5. The second-order valence-electron chi connectivity index (χ2n) is 4.73. The van der Waals surface area contributed by atoms with E-state index in [0.717, 1.165) is 4.68 Å². The van der Waals surface area contributed by atoms with E-state index in [1.54, 1.807) is 45.0 Å². The number of benzene rings is 1. The Morgan fingerprint density at radius 2 is 2.22 bits per heavy atom. The second-order valence-corrected chi connectivity index (χ2v) is 4.73. The Kier molecular flexibility index (Phi) is 2.54. The van der Waals surface area contributed by atoms with Gasteiger partial charge in [0.05, 0.1) is 8.26 Å². The van der Waals surface area contributed by atoms with Crippen molar-refractivity contribution in [1.82, 2.24) is 20.3 Å². The molecule has 0 aliphatic heterocycles. The van der Waals surface area contributed by atoms with Crippen LogP contribution in [0.25, 0.3) is 11.0 Å². The van der Waals surface area contributed by atoms with Gasteiger partial charge in [0, 0.05) is 0 Å². The Morgan fingerprint density at radius 3 is 2.94 bits per heavy atom. The van der Waals surface area contributed by atoms with E-state index in [9.17, 15) is 4.79 Å². The maximum absolute atomic E-state index is 11.7. The summed E-state index contributed by atoms with van der Waals surface area (Å²) in [5.41, 5.74) is 0.320. The van der Waals surface area contributed by atoms with Crippen molar-refractivity contribution < 1.29 is 12.3 Å². The lowest BCUT2D eigenvalue weighted by molar-refractivity contribution is 0.0509. The third-order valence-electron chi connectivity index (χ3n) is 2.01. The van der Waals surface area contributed by atoms with Gasteiger partial charge in [-0.05, 0) is 32.9 Å². The van der Waals surface area contributed by atoms with Crippen molar-refractivity contribution >= 4 is 17.1 Å². The second kappa shape index (κ2) is 4.64. The molecular formula is C12H16N4O2. The zero-order valence-electron chi connectivity index (χ0n) is 12.5. The molecule has 6 heteroatoms. The Hall–Kier alpha value is -2.11. The number of rotatable bonds is 2. The first-order valence-corrected chi connectivity index (χ1v) is 5.51. The molecule has 0 aliphatic carbocycles. The monoisotopic (exact) mass is 250 g/mol. The number of amides is 1. The molecule has 0 saturated heterocycles. The molecule has 0 saturated carbocycles. The zero-order chi connectivity index (χ0) is 15.0. The Bertz CT molecular complexity index is 634. The van der Waals surface area contributed by atoms with Crippen molar-refractivity contribution in [2.45, 2.75) is 33.0 Å². The largest absolute Gasteiger partial charge is 0.444 e. The molecule has 0 bridgehead atoms. The third kappa shape index (κ3) is 2.97. The third-order valence-corrected chi connectivity index (χ3v) is 2.01. The topological polar surface area (TPSA) is 69.0 Å². The number of carbonyl (C=O) groups excluding carboxylic acids is 1. The maximum atomic E-state index is 11.7. The number of nitrogens with one attached hydrogen (secondary N) is 1. The predicted octanol–water partition coefficient (Wildman–Crippen LogP) is 1.91. The van der Waals surface area contributed by atoms with Crippen LogP contribution >= 0.6 is 0 Å². The van der Waals surface area contributed by atoms with Crippen LogP contribution in [0.1, 0.15) is 23.5 Å². The Morgan fingerprint density at radius 1 is 1.50 bits per heavy atom. The number of para-hydroxylation sites is 1. The fourth-order valence-corrected chi connectivity index (χ4v) is 1.35. The van der Waals surface area contributed by atoms with Crippen LogP contribution in [0.4, 0.5) is 4.79 Å². The molecule has 1 aromatic carbocycles. The van der Waals surface area contributed by atoms with Crippen LogP contribution in [0.2, 0.25) is 0 Å². The first-order valence-electron chi connectivity index (χ1n) is 6.51. The van der Waals surface area contributed by atoms with E-state index in [0.29, 0.717) is 11.0 Å². The number of hydrogen-bond donors (Lipinski definition) is 1. The van der Waals surface area contributed by atoms with Crippen molar-refractivity contribution in [1.29, 1.82) is 0 Å². The average molecular weight is 250 g/mol. The van der Waals surface area contributed by atoms with Crippen LogP contribution in [0.3, 0.4) is 0 Å². The van der Waals surface area contributed by atoms with Gasteiger partial charge >= 0.3 is 6.09 Å². The van der Waals surface area contributed by atoms with Crippen LogP contribution in [0.15, 0.2) is 24.3 Å². The number of hydrogen-bond acceptors (Lipinski definition) is 4. The van der Waals surface area contributed by atoms with Crippen molar-refractivity contribution in [3.63, 3.8) is 0 Å². The summed E-state index contributed by atoms with van der Waals surface area (Å²) in [5, 5.41) is 9.73. The lowest BCUT2D eigenvalue weighted by Gasteiger charge is -2.19. The van der Waals surface area contributed by atoms with Gasteiger partial charge in [-0.2, -0.15) is 0 Å². The number of carbonyl (C=O) groups is 1. The van der Waals surface area contributed by atoms with Gasteiger partial charge in [-0.1, -0.05) is 17.3 Å². The van der Waals surface area contributed by atoms with Gasteiger partial charge < -0.3 is 10.1 Å². The summed E-state index contributed by atoms with van der Waals surface area (Å²) < 4.78 is 21.9. The van der Waals surface area contributed by atoms with Crippen LogP contribution in [0, 0.1) is 0 Å². The normalized spacial score (nSPS) is 13.9. The fourth-order valence-electron chi connectivity index (χ4n) is 1.35. The minimum Gasteiger partial charge on any atom is -0.444 e. The highest BCUT2D eigenvalue weighted by Gasteiger charge is 2.16. The summed E-state index contributed by atoms with van der Waals surface area (Å²) in [4.78, 5) is 11.7. The Labute approximate surface area is 108 Å². The lowest BCUT2D eigenvalue weighted by Crippen LogP contribution is -2.33. The van der Waals surface area contributed by atoms with Gasteiger partial charge in [0.25, 0.3) is 0 Å². The summed E-state index contributed by atoms with van der Waals surface area (Å²) >= 11 is 0. The Balaban J connectivity index is 2.24. The molecule has 0 atom stereocenters. The molecule has 1 N–H and O–H groups in total. The number of alkyl carbamates (subject to hydrolysis) is 1. The molecule has 1 amide bonds. The molecule has 18 heavy (non-hydrogen) atoms. The first-order chi connectivity index (χ1) is 9.19. The molecule has 0 aliphatic rings. The van der Waals surface area contributed by atoms with Crippen molar-refractivity contribution in [2.75, 3.05) is 0 Å². The van der Waals surface area contributed by atoms with Crippen LogP contribution in [0.5, 0.6) is 0 Å². The molecular weight excluding hydrogens is 232 g/mol. The average Bonchev–Trinajstić information content (AvgIpc) is 2.69. The molecule has 96 valence electrons. The summed E-state index contributed by atoms with van der Waals surface area (Å²) in [7, 11) is 0. The molecule has 1 heterocycles. The molecule has 0 spiro atoms. The minimum atomic E-state index is -2.24. The summed E-state index contributed by atoms with van der Waals surface area (Å²) in [6, 6.07) is 6.90. The first kappa shape index (κ1) is 9.87. The summed E-state index contributed by atoms with van der Waals surface area (Å²) in [5.74, 6) is 0. The summed E-state index contributed by atoms with van der Waals surface area (Å²) in [6.45, 7) is 2.87. The fraction of sp³-hybridized carbons (Fsp3) is 0.417. The van der Waals surface area contributed by atoms with Gasteiger partial charge in [-0.15, -0.1) is 5.10 Å². The molecule has 0 unspecified atom stereocenters. The lowest BCUT2D eigenvalue weighted by atomic mass is 10.2. The molecule has 2 rings (SSSR count). The maximum Gasteiger partial charge on any atom is 0.409 e. The smallest absolute Gasteiger partial charge is 0.409 e. The molecule has 0 radical (unpaired) electrons. The van der Waals surface area contributed by atoms with E-state index in [-0.39, 0.29) is 0 Å². The van der Waals surface area contributed by atoms with Crippen molar-refractivity contribution in [3.8, 4) is 0 Å². The van der Waals surface area contributed by atoms with E-state index in [2.05, 4.69) is 15.6 Å². The van der Waals surface area contributed by atoms with Gasteiger partial charge in [0.2, 0.25) is 0 Å². The SMILES string of the molecule is [2H]C([2H])(NC(=O)OC(C)(C)C)n1nnc2ccccc21. The molecule has 6 nitrogen and oxygen atoms in total. The molecule has 0 fully saturated rings. The number of nitrogens with zero attached hydrogens (tertiary/aromatic N) is 3. The van der Waals surface area contributed by atoms with Crippen LogP contribution in [-0.2, 0) is 11.4 Å².